The van der Waals surface area contributed by atoms with E-state index in [1.807, 2.05) is 18.2 Å². The Morgan fingerprint density at radius 3 is 2.82 bits per heavy atom. The number of hydrogen-bond acceptors (Lipinski definition) is 3. The minimum absolute atomic E-state index is 0.0521. The standard InChI is InChI=1S/C14H21NO2/c1-10-7-8-14(17-10)12(15)9-11-5-3-4-6-13(11)16-2/h3-6,10,12,14H,7-9,15H2,1-2H3. The summed E-state index contributed by atoms with van der Waals surface area (Å²) in [6.45, 7) is 2.11. The van der Waals surface area contributed by atoms with Crippen LogP contribution < -0.4 is 10.5 Å². The highest BCUT2D eigenvalue weighted by Crippen LogP contribution is 2.25. The summed E-state index contributed by atoms with van der Waals surface area (Å²) in [5.74, 6) is 0.911. The maximum atomic E-state index is 6.22. The molecule has 0 amide bonds. The predicted octanol–water partition coefficient (Wildman–Crippen LogP) is 2.13. The molecule has 2 rings (SSSR count). The Hall–Kier alpha value is -1.06. The molecule has 0 spiro atoms. The highest BCUT2D eigenvalue weighted by Gasteiger charge is 2.27. The van der Waals surface area contributed by atoms with Crippen molar-refractivity contribution >= 4 is 0 Å². The van der Waals surface area contributed by atoms with Crippen LogP contribution in [-0.4, -0.2) is 25.4 Å². The summed E-state index contributed by atoms with van der Waals surface area (Å²) in [7, 11) is 1.69. The molecule has 0 bridgehead atoms. The molecule has 3 nitrogen and oxygen atoms in total. The zero-order valence-electron chi connectivity index (χ0n) is 10.6. The van der Waals surface area contributed by atoms with Crippen LogP contribution in [-0.2, 0) is 11.2 Å². The molecule has 1 aromatic carbocycles. The van der Waals surface area contributed by atoms with Gasteiger partial charge in [-0.15, -0.1) is 0 Å². The molecule has 0 radical (unpaired) electrons. The first-order valence-electron chi connectivity index (χ1n) is 6.23. The fourth-order valence-electron chi connectivity index (χ4n) is 2.41. The molecular weight excluding hydrogens is 214 g/mol. The van der Waals surface area contributed by atoms with Crippen molar-refractivity contribution in [2.75, 3.05) is 7.11 Å². The molecule has 3 unspecified atom stereocenters. The number of ether oxygens (including phenoxy) is 2. The summed E-state index contributed by atoms with van der Waals surface area (Å²) >= 11 is 0. The molecular formula is C14H21NO2. The molecule has 1 aromatic rings. The van der Waals surface area contributed by atoms with E-state index >= 15 is 0 Å². The Kier molecular flexibility index (Phi) is 4.02. The Labute approximate surface area is 103 Å². The normalized spacial score (nSPS) is 25.8. The van der Waals surface area contributed by atoms with Gasteiger partial charge in [0.05, 0.1) is 19.3 Å². The third-order valence-corrected chi connectivity index (χ3v) is 3.39. The van der Waals surface area contributed by atoms with Crippen molar-refractivity contribution in [3.63, 3.8) is 0 Å². The molecule has 17 heavy (non-hydrogen) atoms. The number of benzene rings is 1. The number of rotatable bonds is 4. The minimum Gasteiger partial charge on any atom is -0.496 e. The second kappa shape index (κ2) is 5.52. The zero-order valence-corrected chi connectivity index (χ0v) is 10.6. The summed E-state index contributed by atoms with van der Waals surface area (Å²) in [6, 6.07) is 8.08. The predicted molar refractivity (Wildman–Crippen MR) is 68.2 cm³/mol. The number of hydrogen-bond donors (Lipinski definition) is 1. The van der Waals surface area contributed by atoms with E-state index in [9.17, 15) is 0 Å². The zero-order chi connectivity index (χ0) is 12.3. The van der Waals surface area contributed by atoms with E-state index in [0.29, 0.717) is 6.10 Å². The van der Waals surface area contributed by atoms with Gasteiger partial charge in [-0.1, -0.05) is 18.2 Å². The Morgan fingerprint density at radius 1 is 1.41 bits per heavy atom. The van der Waals surface area contributed by atoms with Crippen molar-refractivity contribution in [2.24, 2.45) is 5.73 Å². The second-order valence-electron chi connectivity index (χ2n) is 4.74. The first-order valence-corrected chi connectivity index (χ1v) is 6.23. The molecule has 0 aromatic heterocycles. The maximum Gasteiger partial charge on any atom is 0.122 e. The Morgan fingerprint density at radius 2 is 2.18 bits per heavy atom. The van der Waals surface area contributed by atoms with Crippen LogP contribution in [0.3, 0.4) is 0 Å². The van der Waals surface area contributed by atoms with Crippen LogP contribution in [0.15, 0.2) is 24.3 Å². The van der Waals surface area contributed by atoms with Crippen LogP contribution in [0, 0.1) is 0 Å². The van der Waals surface area contributed by atoms with E-state index in [-0.39, 0.29) is 12.1 Å². The lowest BCUT2D eigenvalue weighted by Gasteiger charge is -2.20. The van der Waals surface area contributed by atoms with Gasteiger partial charge in [0, 0.05) is 6.04 Å². The third-order valence-electron chi connectivity index (χ3n) is 3.39. The number of methoxy groups -OCH3 is 1. The van der Waals surface area contributed by atoms with E-state index in [1.54, 1.807) is 7.11 Å². The average Bonchev–Trinajstić information content (AvgIpc) is 2.77. The Balaban J connectivity index is 2.00. The van der Waals surface area contributed by atoms with Crippen molar-refractivity contribution in [2.45, 2.75) is 44.4 Å². The molecule has 2 N–H and O–H groups in total. The molecule has 1 fully saturated rings. The molecule has 94 valence electrons. The van der Waals surface area contributed by atoms with Crippen LogP contribution in [0.25, 0.3) is 0 Å². The van der Waals surface area contributed by atoms with Gasteiger partial charge in [0.2, 0.25) is 0 Å². The van der Waals surface area contributed by atoms with Crippen molar-refractivity contribution < 1.29 is 9.47 Å². The molecule has 0 saturated carbocycles. The fraction of sp³-hybridized carbons (Fsp3) is 0.571. The van der Waals surface area contributed by atoms with E-state index in [1.165, 1.54) is 0 Å². The quantitative estimate of drug-likeness (QED) is 0.869. The minimum atomic E-state index is 0.0521. The monoisotopic (exact) mass is 235 g/mol. The van der Waals surface area contributed by atoms with E-state index in [2.05, 4.69) is 13.0 Å². The largest absolute Gasteiger partial charge is 0.496 e. The van der Waals surface area contributed by atoms with Gasteiger partial charge in [-0.05, 0) is 37.8 Å². The summed E-state index contributed by atoms with van der Waals surface area (Å²) in [6.07, 6.45) is 3.53. The molecule has 3 heteroatoms. The van der Waals surface area contributed by atoms with Crippen LogP contribution >= 0.6 is 0 Å². The molecule has 1 saturated heterocycles. The summed E-state index contributed by atoms with van der Waals surface area (Å²) in [5.41, 5.74) is 7.37. The van der Waals surface area contributed by atoms with Gasteiger partial charge in [0.25, 0.3) is 0 Å². The highest BCUT2D eigenvalue weighted by atomic mass is 16.5. The van der Waals surface area contributed by atoms with Gasteiger partial charge in [-0.25, -0.2) is 0 Å². The number of nitrogens with two attached hydrogens (primary N) is 1. The lowest BCUT2D eigenvalue weighted by molar-refractivity contribution is 0.0403. The van der Waals surface area contributed by atoms with Crippen LogP contribution in [0.2, 0.25) is 0 Å². The maximum absolute atomic E-state index is 6.22. The molecule has 1 aliphatic heterocycles. The summed E-state index contributed by atoms with van der Waals surface area (Å²) in [4.78, 5) is 0. The van der Waals surface area contributed by atoms with Crippen molar-refractivity contribution in [1.82, 2.24) is 0 Å². The lowest BCUT2D eigenvalue weighted by Crippen LogP contribution is -2.36. The smallest absolute Gasteiger partial charge is 0.122 e. The van der Waals surface area contributed by atoms with Gasteiger partial charge in [-0.2, -0.15) is 0 Å². The summed E-state index contributed by atoms with van der Waals surface area (Å²) in [5, 5.41) is 0. The molecule has 1 heterocycles. The van der Waals surface area contributed by atoms with Gasteiger partial charge in [-0.3, -0.25) is 0 Å². The van der Waals surface area contributed by atoms with Gasteiger partial charge < -0.3 is 15.2 Å². The van der Waals surface area contributed by atoms with Crippen LogP contribution in [0.4, 0.5) is 0 Å². The first-order chi connectivity index (χ1) is 8.20. The second-order valence-corrected chi connectivity index (χ2v) is 4.74. The van der Waals surface area contributed by atoms with E-state index < -0.39 is 0 Å². The highest BCUT2D eigenvalue weighted by molar-refractivity contribution is 5.33. The van der Waals surface area contributed by atoms with Crippen molar-refractivity contribution in [3.8, 4) is 5.75 Å². The average molecular weight is 235 g/mol. The fourth-order valence-corrected chi connectivity index (χ4v) is 2.41. The third kappa shape index (κ3) is 2.99. The van der Waals surface area contributed by atoms with Crippen molar-refractivity contribution in [1.29, 1.82) is 0 Å². The molecule has 1 aliphatic rings. The molecule has 3 atom stereocenters. The van der Waals surface area contributed by atoms with E-state index in [0.717, 1.165) is 30.6 Å². The van der Waals surface area contributed by atoms with Gasteiger partial charge in [0.1, 0.15) is 5.75 Å². The van der Waals surface area contributed by atoms with Crippen LogP contribution in [0.1, 0.15) is 25.3 Å². The van der Waals surface area contributed by atoms with Crippen LogP contribution in [0.5, 0.6) is 5.75 Å². The molecule has 0 aliphatic carbocycles. The van der Waals surface area contributed by atoms with E-state index in [4.69, 9.17) is 15.2 Å². The number of para-hydroxylation sites is 1. The lowest BCUT2D eigenvalue weighted by atomic mass is 9.99. The van der Waals surface area contributed by atoms with Gasteiger partial charge >= 0.3 is 0 Å². The SMILES string of the molecule is COc1ccccc1CC(N)C1CCC(C)O1. The van der Waals surface area contributed by atoms with Crippen molar-refractivity contribution in [3.05, 3.63) is 29.8 Å². The van der Waals surface area contributed by atoms with Gasteiger partial charge in [0.15, 0.2) is 0 Å². The Bertz CT molecular complexity index is 367. The topological polar surface area (TPSA) is 44.5 Å². The summed E-state index contributed by atoms with van der Waals surface area (Å²) < 4.78 is 11.1. The first kappa shape index (κ1) is 12.4.